The SMILES string of the molecule is CC(C)[C@@H]1NC(=O)C(C)(C)C=Cc2ccc3c(=O)[nH]c(nc3c2)[C@@H](C)OC(=O)[C@@H]2CCCN(N2)C(=O)[C@H](C)NC1=O. The largest absolute Gasteiger partial charge is 0.453 e. The molecule has 0 aliphatic carbocycles. The fraction of sp³-hybridized carbons (Fsp3) is 0.517. The van der Waals surface area contributed by atoms with Gasteiger partial charge in [0.25, 0.3) is 11.5 Å². The number of hydrazine groups is 1. The summed E-state index contributed by atoms with van der Waals surface area (Å²) in [5.74, 6) is -1.94. The van der Waals surface area contributed by atoms with E-state index in [1.165, 1.54) is 5.01 Å². The number of carbonyl (C=O) groups excluding carboxylic acids is 4. The van der Waals surface area contributed by atoms with Crippen molar-refractivity contribution in [2.75, 3.05) is 6.54 Å². The maximum atomic E-state index is 13.3. The standard InChI is InChI=1S/C29H38N6O6/c1-15(2)22-25(37)30-16(3)26(38)35-13-7-8-20(34-35)27(39)41-17(4)23-31-21-14-18(9-10-19(21)24(36)33-23)11-12-29(5,6)28(40)32-22/h9-12,14-17,20,22,34H,7-8,13H2,1-6H3,(H,30,37)(H,32,40)(H,31,33,36)/t16-,17+,20-,22-/m0/s1. The van der Waals surface area contributed by atoms with Crippen LogP contribution in [-0.4, -0.2) is 63.3 Å². The second-order valence-electron chi connectivity index (χ2n) is 11.6. The molecule has 2 aliphatic rings. The van der Waals surface area contributed by atoms with Crippen LogP contribution in [0, 0.1) is 11.3 Å². The summed E-state index contributed by atoms with van der Waals surface area (Å²) in [6.45, 7) is 10.6. The number of carbonyl (C=O) groups is 4. The molecule has 0 unspecified atom stereocenters. The van der Waals surface area contributed by atoms with Gasteiger partial charge in [0.05, 0.1) is 16.3 Å². The van der Waals surface area contributed by atoms with Crippen LogP contribution in [0.25, 0.3) is 17.0 Å². The minimum Gasteiger partial charge on any atom is -0.453 e. The molecular weight excluding hydrogens is 528 g/mol. The van der Waals surface area contributed by atoms with Crippen LogP contribution < -0.4 is 21.6 Å². The molecule has 41 heavy (non-hydrogen) atoms. The van der Waals surface area contributed by atoms with E-state index in [-0.39, 0.29) is 23.2 Å². The number of nitrogens with one attached hydrogen (secondary N) is 4. The number of aromatic nitrogens is 2. The molecule has 12 nitrogen and oxygen atoms in total. The van der Waals surface area contributed by atoms with Crippen molar-refractivity contribution in [3.8, 4) is 0 Å². The molecule has 4 N–H and O–H groups in total. The van der Waals surface area contributed by atoms with Crippen LogP contribution in [0.15, 0.2) is 29.1 Å². The van der Waals surface area contributed by atoms with E-state index >= 15 is 0 Å². The molecule has 12 heteroatoms. The van der Waals surface area contributed by atoms with E-state index in [4.69, 9.17) is 4.74 Å². The van der Waals surface area contributed by atoms with E-state index in [0.717, 1.165) is 0 Å². The Bertz CT molecular complexity index is 1450. The van der Waals surface area contributed by atoms with Gasteiger partial charge in [-0.3, -0.25) is 29.0 Å². The van der Waals surface area contributed by atoms with Gasteiger partial charge in [0.15, 0.2) is 11.9 Å². The van der Waals surface area contributed by atoms with E-state index in [2.05, 4.69) is 26.0 Å². The molecular formula is C29H38N6O6. The molecule has 1 aromatic heterocycles. The van der Waals surface area contributed by atoms with Crippen LogP contribution in [0.2, 0.25) is 0 Å². The van der Waals surface area contributed by atoms with Gasteiger partial charge in [-0.15, -0.1) is 0 Å². The van der Waals surface area contributed by atoms with Gasteiger partial charge in [0.1, 0.15) is 18.1 Å². The zero-order valence-electron chi connectivity index (χ0n) is 24.2. The Morgan fingerprint density at radius 2 is 1.80 bits per heavy atom. The number of amides is 3. The Hall–Kier alpha value is -4.06. The van der Waals surface area contributed by atoms with Crippen LogP contribution in [0.3, 0.4) is 0 Å². The third kappa shape index (κ3) is 6.64. The van der Waals surface area contributed by atoms with E-state index < -0.39 is 47.4 Å². The average molecular weight is 567 g/mol. The van der Waals surface area contributed by atoms with E-state index in [9.17, 15) is 24.0 Å². The van der Waals surface area contributed by atoms with Crippen LogP contribution in [-0.2, 0) is 23.9 Å². The lowest BCUT2D eigenvalue weighted by molar-refractivity contribution is -0.157. The summed E-state index contributed by atoms with van der Waals surface area (Å²) in [6.07, 6.45) is 3.57. The van der Waals surface area contributed by atoms with Crippen molar-refractivity contribution in [3.63, 3.8) is 0 Å². The number of cyclic esters (lactones) is 1. The molecule has 1 aromatic carbocycles. The quantitative estimate of drug-likeness (QED) is 0.379. The molecule has 4 atom stereocenters. The third-order valence-corrected chi connectivity index (χ3v) is 7.41. The van der Waals surface area contributed by atoms with Gasteiger partial charge in [0.2, 0.25) is 11.8 Å². The van der Waals surface area contributed by atoms with Crippen molar-refractivity contribution >= 4 is 40.7 Å². The van der Waals surface area contributed by atoms with Crippen LogP contribution in [0.4, 0.5) is 0 Å². The minimum absolute atomic E-state index is 0.183. The lowest BCUT2D eigenvalue weighted by Crippen LogP contribution is -2.61. The fourth-order valence-corrected chi connectivity index (χ4v) is 4.74. The smallest absolute Gasteiger partial charge is 0.325 e. The van der Waals surface area contributed by atoms with E-state index in [0.29, 0.717) is 35.9 Å². The van der Waals surface area contributed by atoms with Gasteiger partial charge >= 0.3 is 5.97 Å². The van der Waals surface area contributed by atoms with Crippen molar-refractivity contribution in [2.45, 2.75) is 78.6 Å². The summed E-state index contributed by atoms with van der Waals surface area (Å²) >= 11 is 0. The Kier molecular flexibility index (Phi) is 8.62. The number of aromatic amines is 1. The minimum atomic E-state index is -0.995. The Morgan fingerprint density at radius 1 is 1.07 bits per heavy atom. The molecule has 4 rings (SSSR count). The first-order chi connectivity index (χ1) is 19.3. The van der Waals surface area contributed by atoms with Gasteiger partial charge in [-0.1, -0.05) is 32.1 Å². The lowest BCUT2D eigenvalue weighted by atomic mass is 9.89. The maximum Gasteiger partial charge on any atom is 0.325 e. The number of nitrogens with zero attached hydrogens (tertiary/aromatic N) is 2. The number of H-pyrrole nitrogens is 1. The first kappa shape index (κ1) is 29.9. The Morgan fingerprint density at radius 3 is 2.51 bits per heavy atom. The normalized spacial score (nSPS) is 26.1. The number of hydrogen-bond acceptors (Lipinski definition) is 8. The van der Waals surface area contributed by atoms with Crippen molar-refractivity contribution < 1.29 is 23.9 Å². The number of hydrogen-bond donors (Lipinski definition) is 4. The van der Waals surface area contributed by atoms with Gasteiger partial charge in [0, 0.05) is 6.54 Å². The summed E-state index contributed by atoms with van der Waals surface area (Å²) in [5.41, 5.74) is 2.65. The molecule has 3 amide bonds. The monoisotopic (exact) mass is 566 g/mol. The van der Waals surface area contributed by atoms with Gasteiger partial charge in [-0.2, -0.15) is 0 Å². The Labute approximate surface area is 238 Å². The molecule has 0 saturated carbocycles. The zero-order chi connectivity index (χ0) is 30.1. The molecule has 0 spiro atoms. The van der Waals surface area contributed by atoms with E-state index in [1.54, 1.807) is 58.0 Å². The van der Waals surface area contributed by atoms with Gasteiger partial charge in [-0.05, 0) is 64.2 Å². The molecule has 1 fully saturated rings. The van der Waals surface area contributed by atoms with Crippen molar-refractivity contribution in [1.82, 2.24) is 31.0 Å². The number of ether oxygens (including phenoxy) is 1. The average Bonchev–Trinajstić information content (AvgIpc) is 2.93. The summed E-state index contributed by atoms with van der Waals surface area (Å²) < 4.78 is 5.63. The highest BCUT2D eigenvalue weighted by molar-refractivity contribution is 5.94. The van der Waals surface area contributed by atoms with Crippen molar-refractivity contribution in [2.24, 2.45) is 11.3 Å². The summed E-state index contributed by atoms with van der Waals surface area (Å²) in [5, 5.41) is 7.22. The summed E-state index contributed by atoms with van der Waals surface area (Å²) in [6, 6.07) is 2.49. The van der Waals surface area contributed by atoms with Crippen molar-refractivity contribution in [3.05, 3.63) is 46.0 Å². The molecule has 2 aromatic rings. The number of esters is 1. The zero-order valence-corrected chi connectivity index (χ0v) is 24.2. The Balaban J connectivity index is 1.74. The van der Waals surface area contributed by atoms with Crippen LogP contribution in [0.1, 0.15) is 71.9 Å². The molecule has 2 aliphatic heterocycles. The van der Waals surface area contributed by atoms with Crippen molar-refractivity contribution in [1.29, 1.82) is 0 Å². The van der Waals surface area contributed by atoms with Gasteiger partial charge in [-0.25, -0.2) is 10.4 Å². The highest BCUT2D eigenvalue weighted by Crippen LogP contribution is 2.23. The maximum absolute atomic E-state index is 13.3. The van der Waals surface area contributed by atoms with Crippen LogP contribution >= 0.6 is 0 Å². The third-order valence-electron chi connectivity index (χ3n) is 7.41. The number of benzene rings is 1. The molecule has 5 bridgehead atoms. The predicted octanol–water partition coefficient (Wildman–Crippen LogP) is 1.72. The topological polar surface area (TPSA) is 163 Å². The van der Waals surface area contributed by atoms with Crippen LogP contribution in [0.5, 0.6) is 0 Å². The molecule has 3 heterocycles. The molecule has 1 saturated heterocycles. The lowest BCUT2D eigenvalue weighted by Gasteiger charge is -2.35. The second-order valence-corrected chi connectivity index (χ2v) is 11.6. The summed E-state index contributed by atoms with van der Waals surface area (Å²) in [4.78, 5) is 72.7. The highest BCUT2D eigenvalue weighted by Gasteiger charge is 2.35. The second kappa shape index (κ2) is 11.8. The highest BCUT2D eigenvalue weighted by atomic mass is 16.5. The van der Waals surface area contributed by atoms with Gasteiger partial charge < -0.3 is 20.4 Å². The first-order valence-corrected chi connectivity index (χ1v) is 13.9. The number of rotatable bonds is 1. The van der Waals surface area contributed by atoms with E-state index in [1.807, 2.05) is 13.8 Å². The predicted molar refractivity (Wildman–Crippen MR) is 152 cm³/mol. The summed E-state index contributed by atoms with van der Waals surface area (Å²) in [7, 11) is 0. The first-order valence-electron chi connectivity index (χ1n) is 13.9. The molecule has 0 radical (unpaired) electrons. The molecule has 220 valence electrons. The fourth-order valence-electron chi connectivity index (χ4n) is 4.74. The number of fused-ring (bicyclic) bond motifs is 4.